The summed E-state index contributed by atoms with van der Waals surface area (Å²) in [4.78, 5) is 27.4. The number of rotatable bonds is 4. The van der Waals surface area contributed by atoms with E-state index in [-0.39, 0.29) is 18.4 Å². The lowest BCUT2D eigenvalue weighted by atomic mass is 9.99. The van der Waals surface area contributed by atoms with Crippen LogP contribution in [0.4, 0.5) is 0 Å². The number of ether oxygens (including phenoxy) is 1. The van der Waals surface area contributed by atoms with E-state index in [4.69, 9.17) is 4.74 Å². The summed E-state index contributed by atoms with van der Waals surface area (Å²) in [5.74, 6) is 0.814. The van der Waals surface area contributed by atoms with Crippen molar-refractivity contribution >= 4 is 17.4 Å². The number of methoxy groups -OCH3 is 1. The van der Waals surface area contributed by atoms with Gasteiger partial charge in [-0.2, -0.15) is 0 Å². The molecule has 2 aliphatic rings. The van der Waals surface area contributed by atoms with E-state index < -0.39 is 0 Å². The van der Waals surface area contributed by atoms with Crippen molar-refractivity contribution in [1.82, 2.24) is 15.1 Å². The minimum atomic E-state index is -0.0741. The van der Waals surface area contributed by atoms with Crippen LogP contribution in [0.2, 0.25) is 0 Å². The maximum atomic E-state index is 12.3. The van der Waals surface area contributed by atoms with E-state index in [0.29, 0.717) is 19.6 Å². The number of nitrogens with zero attached hydrogens (tertiary/aromatic N) is 2. The second kappa shape index (κ2) is 7.49. The van der Waals surface area contributed by atoms with E-state index in [1.54, 1.807) is 12.0 Å². The summed E-state index contributed by atoms with van der Waals surface area (Å²) >= 11 is 0. The van der Waals surface area contributed by atoms with Crippen molar-refractivity contribution in [2.45, 2.75) is 6.42 Å². The number of piperazine rings is 1. The molecule has 0 unspecified atom stereocenters. The molecule has 1 aromatic rings. The van der Waals surface area contributed by atoms with E-state index in [9.17, 15) is 9.59 Å². The summed E-state index contributed by atoms with van der Waals surface area (Å²) in [6.45, 7) is 3.31. The molecule has 6 heteroatoms. The molecule has 24 heavy (non-hydrogen) atoms. The van der Waals surface area contributed by atoms with Gasteiger partial charge in [0.15, 0.2) is 0 Å². The second-order valence-corrected chi connectivity index (χ2v) is 6.11. The molecule has 0 spiro atoms. The lowest BCUT2D eigenvalue weighted by molar-refractivity contribution is -0.139. The van der Waals surface area contributed by atoms with Gasteiger partial charge in [0.05, 0.1) is 20.2 Å². The van der Waals surface area contributed by atoms with Crippen LogP contribution in [0.1, 0.15) is 12.0 Å². The highest BCUT2D eigenvalue weighted by molar-refractivity contribution is 5.86. The fraction of sp³-hybridized carbons (Fsp3) is 0.444. The van der Waals surface area contributed by atoms with Gasteiger partial charge in [0.25, 0.3) is 0 Å². The zero-order chi connectivity index (χ0) is 16.9. The first-order valence-corrected chi connectivity index (χ1v) is 8.26. The summed E-state index contributed by atoms with van der Waals surface area (Å²) < 4.78 is 5.18. The van der Waals surface area contributed by atoms with E-state index in [1.807, 2.05) is 12.1 Å². The first-order chi connectivity index (χ1) is 11.7. The third-order valence-electron chi connectivity index (χ3n) is 4.50. The van der Waals surface area contributed by atoms with Crippen LogP contribution in [0.25, 0.3) is 5.57 Å². The molecule has 0 radical (unpaired) electrons. The van der Waals surface area contributed by atoms with Crippen LogP contribution in [0.3, 0.4) is 0 Å². The van der Waals surface area contributed by atoms with Crippen LogP contribution < -0.4 is 10.1 Å². The molecule has 0 bridgehead atoms. The topological polar surface area (TPSA) is 61.9 Å². The van der Waals surface area contributed by atoms with E-state index in [1.165, 1.54) is 11.1 Å². The van der Waals surface area contributed by atoms with Crippen LogP contribution in [0, 0.1) is 0 Å². The third-order valence-corrected chi connectivity index (χ3v) is 4.50. The molecule has 0 saturated carbocycles. The zero-order valence-corrected chi connectivity index (χ0v) is 14.0. The number of carbonyl (C=O) groups is 2. The van der Waals surface area contributed by atoms with Gasteiger partial charge in [-0.3, -0.25) is 14.5 Å². The van der Waals surface area contributed by atoms with Gasteiger partial charge in [0.1, 0.15) is 5.75 Å². The number of hydrogen-bond donors (Lipinski definition) is 1. The predicted octanol–water partition coefficient (Wildman–Crippen LogP) is 0.743. The molecule has 3 rings (SSSR count). The summed E-state index contributed by atoms with van der Waals surface area (Å²) in [7, 11) is 1.66. The number of hydrogen-bond acceptors (Lipinski definition) is 4. The minimum absolute atomic E-state index is 0.0335. The highest BCUT2D eigenvalue weighted by Gasteiger charge is 2.23. The lowest BCUT2D eigenvalue weighted by Crippen LogP contribution is -2.52. The molecule has 2 heterocycles. The molecular weight excluding hydrogens is 306 g/mol. The number of nitrogens with one attached hydrogen (secondary N) is 1. The van der Waals surface area contributed by atoms with Crippen LogP contribution >= 0.6 is 0 Å². The smallest absolute Gasteiger partial charge is 0.239 e. The highest BCUT2D eigenvalue weighted by atomic mass is 16.5. The Labute approximate surface area is 142 Å². The quantitative estimate of drug-likeness (QED) is 0.885. The van der Waals surface area contributed by atoms with E-state index >= 15 is 0 Å². The predicted molar refractivity (Wildman–Crippen MR) is 91.6 cm³/mol. The van der Waals surface area contributed by atoms with E-state index in [2.05, 4.69) is 28.4 Å². The molecule has 1 fully saturated rings. The largest absolute Gasteiger partial charge is 0.497 e. The Bertz CT molecular complexity index is 639. The Kier molecular flexibility index (Phi) is 5.15. The maximum absolute atomic E-state index is 12.3. The number of benzene rings is 1. The Hall–Kier alpha value is -2.34. The van der Waals surface area contributed by atoms with Crippen molar-refractivity contribution in [3.05, 3.63) is 35.9 Å². The van der Waals surface area contributed by atoms with Crippen molar-refractivity contribution in [2.75, 3.05) is 46.4 Å². The number of carbonyl (C=O) groups excluding carboxylic acids is 2. The Morgan fingerprint density at radius 2 is 2.04 bits per heavy atom. The first-order valence-electron chi connectivity index (χ1n) is 8.26. The van der Waals surface area contributed by atoms with Gasteiger partial charge in [0, 0.05) is 26.2 Å². The standard InChI is InChI=1S/C18H23N3O3/c1-24-16-4-2-14(3-5-16)15-6-9-20(10-7-15)13-18(23)21-11-8-19-17(22)12-21/h2-6H,7-13H2,1H3,(H,19,22). The van der Waals surface area contributed by atoms with Gasteiger partial charge in [-0.05, 0) is 29.7 Å². The normalized spacial score (nSPS) is 18.8. The Morgan fingerprint density at radius 1 is 1.25 bits per heavy atom. The van der Waals surface area contributed by atoms with Gasteiger partial charge in [0.2, 0.25) is 11.8 Å². The zero-order valence-electron chi connectivity index (χ0n) is 14.0. The van der Waals surface area contributed by atoms with E-state index in [0.717, 1.165) is 25.3 Å². The summed E-state index contributed by atoms with van der Waals surface area (Å²) in [5, 5.41) is 2.74. The first kappa shape index (κ1) is 16.5. The van der Waals surface area contributed by atoms with Gasteiger partial charge >= 0.3 is 0 Å². The maximum Gasteiger partial charge on any atom is 0.239 e. The van der Waals surface area contributed by atoms with Crippen molar-refractivity contribution in [3.63, 3.8) is 0 Å². The average Bonchev–Trinajstić information content (AvgIpc) is 2.62. The molecule has 0 atom stereocenters. The van der Waals surface area contributed by atoms with Crippen LogP contribution in [0.5, 0.6) is 5.75 Å². The van der Waals surface area contributed by atoms with Crippen LogP contribution in [-0.4, -0.2) is 68.0 Å². The summed E-state index contributed by atoms with van der Waals surface area (Å²) in [6.07, 6.45) is 3.10. The SMILES string of the molecule is COc1ccc(C2=CCN(CC(=O)N3CCNC(=O)C3)CC2)cc1. The van der Waals surface area contributed by atoms with Crippen LogP contribution in [-0.2, 0) is 9.59 Å². The van der Waals surface area contributed by atoms with Crippen LogP contribution in [0.15, 0.2) is 30.3 Å². The highest BCUT2D eigenvalue weighted by Crippen LogP contribution is 2.24. The molecule has 6 nitrogen and oxygen atoms in total. The Balaban J connectivity index is 1.54. The average molecular weight is 329 g/mol. The summed E-state index contributed by atoms with van der Waals surface area (Å²) in [6, 6.07) is 8.07. The number of amides is 2. The molecule has 128 valence electrons. The van der Waals surface area contributed by atoms with Gasteiger partial charge < -0.3 is 15.0 Å². The molecule has 0 aromatic heterocycles. The lowest BCUT2D eigenvalue weighted by Gasteiger charge is -2.31. The fourth-order valence-electron chi connectivity index (χ4n) is 3.06. The van der Waals surface area contributed by atoms with Crippen molar-refractivity contribution < 1.29 is 14.3 Å². The molecule has 2 amide bonds. The Morgan fingerprint density at radius 3 is 2.67 bits per heavy atom. The molecule has 2 aliphatic heterocycles. The molecule has 1 N–H and O–H groups in total. The molecule has 1 aromatic carbocycles. The monoisotopic (exact) mass is 329 g/mol. The second-order valence-electron chi connectivity index (χ2n) is 6.11. The van der Waals surface area contributed by atoms with Crippen molar-refractivity contribution in [3.8, 4) is 5.75 Å². The minimum Gasteiger partial charge on any atom is -0.497 e. The molecule has 1 saturated heterocycles. The van der Waals surface area contributed by atoms with Gasteiger partial charge in [-0.25, -0.2) is 0 Å². The van der Waals surface area contributed by atoms with Crippen molar-refractivity contribution in [2.24, 2.45) is 0 Å². The molecular formula is C18H23N3O3. The van der Waals surface area contributed by atoms with Crippen molar-refractivity contribution in [1.29, 1.82) is 0 Å². The molecule has 0 aliphatic carbocycles. The fourth-order valence-corrected chi connectivity index (χ4v) is 3.06. The van der Waals surface area contributed by atoms with Gasteiger partial charge in [-0.15, -0.1) is 0 Å². The summed E-state index contributed by atoms with van der Waals surface area (Å²) in [5.41, 5.74) is 2.51. The third kappa shape index (κ3) is 3.94. The van der Waals surface area contributed by atoms with Gasteiger partial charge in [-0.1, -0.05) is 18.2 Å².